The fourth-order valence-corrected chi connectivity index (χ4v) is 4.74. The Balaban J connectivity index is 1.85. The summed E-state index contributed by atoms with van der Waals surface area (Å²) in [5, 5.41) is 15.4. The molecule has 1 atom stereocenters. The molecule has 0 fully saturated rings. The smallest absolute Gasteiger partial charge is 0.294 e. The Morgan fingerprint density at radius 2 is 1.74 bits per heavy atom. The number of carbonyl (C=O) groups excluding carboxylic acids is 3. The minimum atomic E-state index is -0.816. The Hall–Kier alpha value is -3.71. The van der Waals surface area contributed by atoms with Gasteiger partial charge in [0, 0.05) is 18.3 Å². The second kappa shape index (κ2) is 8.91. The normalized spacial score (nSPS) is 16.2. The lowest BCUT2D eigenvalue weighted by Gasteiger charge is -2.28. The summed E-state index contributed by atoms with van der Waals surface area (Å²) >= 11 is 1.26. The predicted molar refractivity (Wildman–Crippen MR) is 134 cm³/mol. The summed E-state index contributed by atoms with van der Waals surface area (Å²) in [5.74, 6) is -1.85. The average Bonchev–Trinajstić information content (AvgIpc) is 3.40. The topological polar surface area (TPSA) is 86.7 Å². The molecule has 1 unspecified atom stereocenters. The summed E-state index contributed by atoms with van der Waals surface area (Å²) in [6.07, 6.45) is 0. The zero-order chi connectivity index (χ0) is 24.6. The highest BCUT2D eigenvalue weighted by Crippen LogP contribution is 2.43. The Bertz CT molecular complexity index is 1280. The van der Waals surface area contributed by atoms with E-state index in [1.807, 2.05) is 24.3 Å². The van der Waals surface area contributed by atoms with E-state index in [0.717, 1.165) is 5.56 Å². The van der Waals surface area contributed by atoms with Crippen molar-refractivity contribution in [1.82, 2.24) is 0 Å². The third-order valence-electron chi connectivity index (χ3n) is 5.73. The molecule has 2 aromatic carbocycles. The van der Waals surface area contributed by atoms with Gasteiger partial charge in [0.15, 0.2) is 5.76 Å². The standard InChI is InChI=1S/C27H26N2O4S/c1-16(30)28-19-7-5-8-20(15-19)29-23(17-10-12-18(13-11-17)27(2,3)4)22(25(32)26(29)33)24(31)21-9-6-14-34-21/h5-15,23,32H,1-4H3,(H,28,30). The number of hydrogen-bond acceptors (Lipinski definition) is 5. The summed E-state index contributed by atoms with van der Waals surface area (Å²) < 4.78 is 0. The highest BCUT2D eigenvalue weighted by molar-refractivity contribution is 7.12. The van der Waals surface area contributed by atoms with Crippen LogP contribution in [0.5, 0.6) is 0 Å². The second-order valence-corrected chi connectivity index (χ2v) is 10.2. The Morgan fingerprint density at radius 3 is 2.32 bits per heavy atom. The van der Waals surface area contributed by atoms with Gasteiger partial charge < -0.3 is 10.4 Å². The zero-order valence-corrected chi connectivity index (χ0v) is 20.3. The van der Waals surface area contributed by atoms with Crippen LogP contribution in [0.4, 0.5) is 11.4 Å². The van der Waals surface area contributed by atoms with Crippen molar-refractivity contribution in [2.75, 3.05) is 10.2 Å². The maximum Gasteiger partial charge on any atom is 0.294 e. The van der Waals surface area contributed by atoms with Crippen molar-refractivity contribution in [2.24, 2.45) is 0 Å². The third-order valence-corrected chi connectivity index (χ3v) is 6.60. The van der Waals surface area contributed by atoms with E-state index in [1.54, 1.807) is 41.8 Å². The molecule has 0 radical (unpaired) electrons. The lowest BCUT2D eigenvalue weighted by molar-refractivity contribution is -0.117. The van der Waals surface area contributed by atoms with Gasteiger partial charge in [-0.3, -0.25) is 19.3 Å². The van der Waals surface area contributed by atoms with Crippen molar-refractivity contribution in [1.29, 1.82) is 0 Å². The van der Waals surface area contributed by atoms with Gasteiger partial charge in [-0.15, -0.1) is 11.3 Å². The Labute approximate surface area is 202 Å². The Morgan fingerprint density at radius 1 is 1.03 bits per heavy atom. The molecule has 2 heterocycles. The van der Waals surface area contributed by atoms with Gasteiger partial charge in [-0.1, -0.05) is 57.2 Å². The van der Waals surface area contributed by atoms with Crippen LogP contribution in [0.2, 0.25) is 0 Å². The van der Waals surface area contributed by atoms with E-state index in [1.165, 1.54) is 23.2 Å². The van der Waals surface area contributed by atoms with Crippen LogP contribution in [-0.4, -0.2) is 22.7 Å². The number of carbonyl (C=O) groups is 3. The minimum absolute atomic E-state index is 0.0425. The molecule has 1 aromatic heterocycles. The van der Waals surface area contributed by atoms with Gasteiger partial charge in [-0.25, -0.2) is 0 Å². The third kappa shape index (κ3) is 4.39. The quantitative estimate of drug-likeness (QED) is 0.459. The number of thiophene rings is 1. The molecule has 7 heteroatoms. The van der Waals surface area contributed by atoms with Crippen LogP contribution in [0.15, 0.2) is 77.4 Å². The molecule has 3 aromatic rings. The molecule has 0 aliphatic carbocycles. The van der Waals surface area contributed by atoms with Crippen molar-refractivity contribution in [3.63, 3.8) is 0 Å². The maximum absolute atomic E-state index is 13.4. The molecule has 1 aliphatic heterocycles. The van der Waals surface area contributed by atoms with Crippen molar-refractivity contribution < 1.29 is 19.5 Å². The first-order chi connectivity index (χ1) is 16.1. The second-order valence-electron chi connectivity index (χ2n) is 9.25. The Kier molecular flexibility index (Phi) is 6.15. The van der Waals surface area contributed by atoms with Gasteiger partial charge in [-0.2, -0.15) is 0 Å². The first-order valence-electron chi connectivity index (χ1n) is 10.9. The molecule has 4 rings (SSSR count). The van der Waals surface area contributed by atoms with Crippen molar-refractivity contribution >= 4 is 40.3 Å². The number of rotatable bonds is 5. The molecular formula is C27H26N2O4S. The lowest BCUT2D eigenvalue weighted by Crippen LogP contribution is -2.31. The van der Waals surface area contributed by atoms with E-state index in [9.17, 15) is 19.5 Å². The van der Waals surface area contributed by atoms with Crippen molar-refractivity contribution in [3.05, 3.63) is 93.4 Å². The number of anilines is 2. The monoisotopic (exact) mass is 474 g/mol. The summed E-state index contributed by atoms with van der Waals surface area (Å²) in [6, 6.07) is 17.2. The van der Waals surface area contributed by atoms with Crippen LogP contribution in [0, 0.1) is 0 Å². The van der Waals surface area contributed by atoms with E-state index in [0.29, 0.717) is 21.8 Å². The van der Waals surface area contributed by atoms with Gasteiger partial charge in [-0.05, 0) is 46.2 Å². The van der Waals surface area contributed by atoms with E-state index in [-0.39, 0.29) is 22.7 Å². The number of Topliss-reactive ketones (excluding diaryl/α,β-unsaturated/α-hetero) is 1. The number of ketones is 1. The minimum Gasteiger partial charge on any atom is -0.503 e. The van der Waals surface area contributed by atoms with Crippen LogP contribution in [0.3, 0.4) is 0 Å². The molecule has 0 saturated carbocycles. The molecule has 6 nitrogen and oxygen atoms in total. The summed E-state index contributed by atoms with van der Waals surface area (Å²) in [4.78, 5) is 40.1. The van der Waals surface area contributed by atoms with Crippen LogP contribution >= 0.6 is 11.3 Å². The van der Waals surface area contributed by atoms with Crippen LogP contribution in [0.25, 0.3) is 0 Å². The molecule has 34 heavy (non-hydrogen) atoms. The van der Waals surface area contributed by atoms with E-state index < -0.39 is 17.7 Å². The molecule has 174 valence electrons. The molecular weight excluding hydrogens is 448 g/mol. The van der Waals surface area contributed by atoms with Crippen molar-refractivity contribution in [2.45, 2.75) is 39.2 Å². The maximum atomic E-state index is 13.4. The molecule has 0 spiro atoms. The fourth-order valence-electron chi connectivity index (χ4n) is 4.06. The van der Waals surface area contributed by atoms with Crippen LogP contribution < -0.4 is 10.2 Å². The molecule has 2 N–H and O–H groups in total. The number of amides is 2. The number of hydrogen-bond donors (Lipinski definition) is 2. The average molecular weight is 475 g/mol. The van der Waals surface area contributed by atoms with E-state index >= 15 is 0 Å². The number of aliphatic hydroxyl groups is 1. The van der Waals surface area contributed by atoms with Gasteiger partial charge >= 0.3 is 0 Å². The first-order valence-corrected chi connectivity index (χ1v) is 11.8. The SMILES string of the molecule is CC(=O)Nc1cccc(N2C(=O)C(O)=C(C(=O)c3cccs3)C2c2ccc(C(C)(C)C)cc2)c1. The van der Waals surface area contributed by atoms with Gasteiger partial charge in [0.1, 0.15) is 0 Å². The highest BCUT2D eigenvalue weighted by Gasteiger charge is 2.45. The lowest BCUT2D eigenvalue weighted by atomic mass is 9.85. The van der Waals surface area contributed by atoms with Crippen LogP contribution in [0.1, 0.15) is 54.5 Å². The summed E-state index contributed by atoms with van der Waals surface area (Å²) in [5.41, 5.74) is 2.76. The predicted octanol–water partition coefficient (Wildman–Crippen LogP) is 5.79. The molecule has 2 amide bonds. The first kappa shape index (κ1) is 23.4. The van der Waals surface area contributed by atoms with Crippen LogP contribution in [-0.2, 0) is 15.0 Å². The van der Waals surface area contributed by atoms with Gasteiger partial charge in [0.25, 0.3) is 5.91 Å². The summed E-state index contributed by atoms with van der Waals surface area (Å²) in [7, 11) is 0. The van der Waals surface area contributed by atoms with E-state index in [2.05, 4.69) is 26.1 Å². The largest absolute Gasteiger partial charge is 0.503 e. The van der Waals surface area contributed by atoms with Gasteiger partial charge in [0.05, 0.1) is 16.5 Å². The van der Waals surface area contributed by atoms with E-state index in [4.69, 9.17) is 0 Å². The number of aliphatic hydroxyl groups excluding tert-OH is 1. The zero-order valence-electron chi connectivity index (χ0n) is 19.5. The number of nitrogens with zero attached hydrogens (tertiary/aromatic N) is 1. The molecule has 0 saturated heterocycles. The summed E-state index contributed by atoms with van der Waals surface area (Å²) in [6.45, 7) is 7.73. The number of nitrogens with one attached hydrogen (secondary N) is 1. The fraction of sp³-hybridized carbons (Fsp3) is 0.222. The van der Waals surface area contributed by atoms with Crippen molar-refractivity contribution in [3.8, 4) is 0 Å². The highest BCUT2D eigenvalue weighted by atomic mass is 32.1. The number of benzene rings is 2. The molecule has 1 aliphatic rings. The van der Waals surface area contributed by atoms with Gasteiger partial charge in [0.2, 0.25) is 11.7 Å². The molecule has 0 bridgehead atoms.